The van der Waals surface area contributed by atoms with Crippen LogP contribution in [-0.4, -0.2) is 38.9 Å². The van der Waals surface area contributed by atoms with Crippen molar-refractivity contribution >= 4 is 21.4 Å². The summed E-state index contributed by atoms with van der Waals surface area (Å²) in [4.78, 5) is 0. The van der Waals surface area contributed by atoms with E-state index in [1.165, 1.54) is 6.26 Å². The van der Waals surface area contributed by atoms with Gasteiger partial charge in [0.05, 0.1) is 5.75 Å². The van der Waals surface area contributed by atoms with Crippen LogP contribution in [0.2, 0.25) is 0 Å². The van der Waals surface area contributed by atoms with Crippen molar-refractivity contribution in [1.82, 2.24) is 5.32 Å². The summed E-state index contributed by atoms with van der Waals surface area (Å²) in [6.07, 6.45) is 1.93. The molecule has 1 N–H and O–H groups in total. The van der Waals surface area contributed by atoms with Crippen LogP contribution in [0.25, 0.3) is 0 Å². The fraction of sp³-hybridized carbons (Fsp3) is 1.00. The fourth-order valence-electron chi connectivity index (χ4n) is 0.999. The van der Waals surface area contributed by atoms with Crippen LogP contribution in [0.5, 0.6) is 0 Å². The molecule has 0 saturated heterocycles. The zero-order valence-corrected chi connectivity index (χ0v) is 10.7. The molecule has 0 spiro atoms. The Hall–Kier alpha value is 0.200. The van der Waals surface area contributed by atoms with E-state index in [0.29, 0.717) is 24.3 Å². The third kappa shape index (κ3) is 7.59. The van der Waals surface area contributed by atoms with E-state index in [4.69, 9.17) is 11.6 Å². The average molecular weight is 242 g/mol. The average Bonchev–Trinajstić information content (AvgIpc) is 2.09. The second-order valence-corrected chi connectivity index (χ2v) is 6.43. The lowest BCUT2D eigenvalue weighted by Gasteiger charge is -2.18. The quantitative estimate of drug-likeness (QED) is 0.540. The second kappa shape index (κ2) is 6.64. The Balaban J connectivity index is 3.55. The summed E-state index contributed by atoms with van der Waals surface area (Å²) in [7, 11) is -2.81. The van der Waals surface area contributed by atoms with Gasteiger partial charge in [0.15, 0.2) is 0 Å². The van der Waals surface area contributed by atoms with Crippen LogP contribution in [0.4, 0.5) is 0 Å². The SMILES string of the molecule is CC(CCl)C(C)NCCCS(C)(=O)=O. The van der Waals surface area contributed by atoms with E-state index in [1.807, 2.05) is 0 Å². The van der Waals surface area contributed by atoms with Gasteiger partial charge in [-0.2, -0.15) is 0 Å². The largest absolute Gasteiger partial charge is 0.314 e. The normalized spacial score (nSPS) is 16.6. The first-order valence-corrected chi connectivity index (χ1v) is 7.43. The predicted molar refractivity (Wildman–Crippen MR) is 61.7 cm³/mol. The minimum absolute atomic E-state index is 0.252. The van der Waals surface area contributed by atoms with Crippen molar-refractivity contribution in [3.63, 3.8) is 0 Å². The van der Waals surface area contributed by atoms with Gasteiger partial charge in [0.2, 0.25) is 0 Å². The Morgan fingerprint density at radius 2 is 1.93 bits per heavy atom. The van der Waals surface area contributed by atoms with Crippen molar-refractivity contribution in [2.45, 2.75) is 26.3 Å². The van der Waals surface area contributed by atoms with E-state index in [0.717, 1.165) is 6.54 Å². The van der Waals surface area contributed by atoms with Gasteiger partial charge in [0, 0.05) is 18.2 Å². The molecule has 0 aliphatic heterocycles. The van der Waals surface area contributed by atoms with Crippen molar-refractivity contribution < 1.29 is 8.42 Å². The van der Waals surface area contributed by atoms with Crippen molar-refractivity contribution in [1.29, 1.82) is 0 Å². The molecule has 14 heavy (non-hydrogen) atoms. The maximum atomic E-state index is 10.8. The van der Waals surface area contributed by atoms with Crippen LogP contribution in [-0.2, 0) is 9.84 Å². The molecule has 0 bridgehead atoms. The molecule has 2 unspecified atom stereocenters. The summed E-state index contributed by atoms with van der Waals surface area (Å²) in [6, 6.07) is 0.340. The third-order valence-electron chi connectivity index (χ3n) is 2.26. The summed E-state index contributed by atoms with van der Waals surface area (Å²) in [6.45, 7) is 4.87. The lowest BCUT2D eigenvalue weighted by Crippen LogP contribution is -2.34. The number of halogens is 1. The molecular formula is C9H20ClNO2S. The Kier molecular flexibility index (Phi) is 6.74. The molecule has 0 aromatic rings. The monoisotopic (exact) mass is 241 g/mol. The van der Waals surface area contributed by atoms with Crippen LogP contribution in [0, 0.1) is 5.92 Å². The maximum absolute atomic E-state index is 10.8. The number of hydrogen-bond donors (Lipinski definition) is 1. The number of hydrogen-bond acceptors (Lipinski definition) is 3. The lowest BCUT2D eigenvalue weighted by atomic mass is 10.1. The molecule has 0 fully saturated rings. The maximum Gasteiger partial charge on any atom is 0.147 e. The summed E-state index contributed by atoms with van der Waals surface area (Å²) < 4.78 is 21.6. The number of nitrogens with one attached hydrogen (secondary N) is 1. The number of rotatable bonds is 7. The van der Waals surface area contributed by atoms with Gasteiger partial charge in [-0.05, 0) is 25.8 Å². The first kappa shape index (κ1) is 14.2. The Labute approximate surface area is 92.1 Å². The highest BCUT2D eigenvalue weighted by Crippen LogP contribution is 2.04. The smallest absolute Gasteiger partial charge is 0.147 e. The van der Waals surface area contributed by atoms with Gasteiger partial charge >= 0.3 is 0 Å². The molecule has 0 radical (unpaired) electrons. The minimum Gasteiger partial charge on any atom is -0.314 e. The van der Waals surface area contributed by atoms with Crippen molar-refractivity contribution in [3.8, 4) is 0 Å². The molecule has 0 heterocycles. The van der Waals surface area contributed by atoms with Gasteiger partial charge in [-0.25, -0.2) is 8.42 Å². The van der Waals surface area contributed by atoms with Gasteiger partial charge in [0.1, 0.15) is 9.84 Å². The lowest BCUT2D eigenvalue weighted by molar-refractivity contribution is 0.431. The van der Waals surface area contributed by atoms with Crippen molar-refractivity contribution in [2.75, 3.05) is 24.4 Å². The molecular weight excluding hydrogens is 222 g/mol. The zero-order chi connectivity index (χ0) is 11.2. The van der Waals surface area contributed by atoms with E-state index in [1.54, 1.807) is 0 Å². The first-order chi connectivity index (χ1) is 6.37. The van der Waals surface area contributed by atoms with Crippen LogP contribution < -0.4 is 5.32 Å². The second-order valence-electron chi connectivity index (χ2n) is 3.86. The fourth-order valence-corrected chi connectivity index (χ4v) is 1.93. The molecule has 86 valence electrons. The highest BCUT2D eigenvalue weighted by molar-refractivity contribution is 7.90. The van der Waals surface area contributed by atoms with Crippen LogP contribution in [0.3, 0.4) is 0 Å². The molecule has 0 aromatic carbocycles. The molecule has 0 aliphatic rings. The van der Waals surface area contributed by atoms with E-state index >= 15 is 0 Å². The van der Waals surface area contributed by atoms with Crippen LogP contribution >= 0.6 is 11.6 Å². The third-order valence-corrected chi connectivity index (χ3v) is 3.77. The molecule has 0 saturated carbocycles. The highest BCUT2D eigenvalue weighted by Gasteiger charge is 2.10. The van der Waals surface area contributed by atoms with E-state index in [-0.39, 0.29) is 5.75 Å². The van der Waals surface area contributed by atoms with Gasteiger partial charge in [-0.15, -0.1) is 11.6 Å². The van der Waals surface area contributed by atoms with E-state index in [9.17, 15) is 8.42 Å². The molecule has 2 atom stereocenters. The molecule has 3 nitrogen and oxygen atoms in total. The van der Waals surface area contributed by atoms with Gasteiger partial charge in [-0.3, -0.25) is 0 Å². The molecule has 0 aliphatic carbocycles. The zero-order valence-electron chi connectivity index (χ0n) is 9.09. The number of alkyl halides is 1. The molecule has 0 aromatic heterocycles. The topological polar surface area (TPSA) is 46.2 Å². The summed E-state index contributed by atoms with van der Waals surface area (Å²) in [5.74, 6) is 1.29. The van der Waals surface area contributed by atoms with Crippen LogP contribution in [0.1, 0.15) is 20.3 Å². The molecule has 0 rings (SSSR count). The Bertz CT molecular complexity index is 241. The van der Waals surface area contributed by atoms with Gasteiger partial charge in [0.25, 0.3) is 0 Å². The minimum atomic E-state index is -2.81. The summed E-state index contributed by atoms with van der Waals surface area (Å²) >= 11 is 5.70. The Morgan fingerprint density at radius 3 is 2.36 bits per heavy atom. The van der Waals surface area contributed by atoms with Gasteiger partial charge in [-0.1, -0.05) is 6.92 Å². The Morgan fingerprint density at radius 1 is 1.36 bits per heavy atom. The van der Waals surface area contributed by atoms with Crippen molar-refractivity contribution in [3.05, 3.63) is 0 Å². The van der Waals surface area contributed by atoms with Crippen LogP contribution in [0.15, 0.2) is 0 Å². The standard InChI is InChI=1S/C9H20ClNO2S/c1-8(7-10)9(2)11-5-4-6-14(3,12)13/h8-9,11H,4-7H2,1-3H3. The number of sulfone groups is 1. The highest BCUT2D eigenvalue weighted by atomic mass is 35.5. The van der Waals surface area contributed by atoms with E-state index < -0.39 is 9.84 Å². The molecule has 5 heteroatoms. The summed E-state index contributed by atoms with van der Waals surface area (Å²) in [5, 5.41) is 3.26. The van der Waals surface area contributed by atoms with Crippen molar-refractivity contribution in [2.24, 2.45) is 5.92 Å². The summed E-state index contributed by atoms with van der Waals surface area (Å²) in [5.41, 5.74) is 0. The van der Waals surface area contributed by atoms with Gasteiger partial charge < -0.3 is 5.32 Å². The first-order valence-electron chi connectivity index (χ1n) is 4.84. The predicted octanol–water partition coefficient (Wildman–Crippen LogP) is 1.27. The van der Waals surface area contributed by atoms with E-state index in [2.05, 4.69) is 19.2 Å². The molecule has 0 amide bonds.